The van der Waals surface area contributed by atoms with Gasteiger partial charge in [-0.1, -0.05) is 0 Å². The van der Waals surface area contributed by atoms with Crippen molar-refractivity contribution in [2.24, 2.45) is 0 Å². The van der Waals surface area contributed by atoms with Crippen LogP contribution >= 0.6 is 11.3 Å². The third-order valence-electron chi connectivity index (χ3n) is 1.85. The fraction of sp³-hybridized carbons (Fsp3) is 0.500. The zero-order chi connectivity index (χ0) is 12.0. The number of nitrogens with zero attached hydrogens (tertiary/aromatic N) is 1. The maximum atomic E-state index is 11.5. The third-order valence-corrected chi connectivity index (χ3v) is 2.48. The number of nitrogens with one attached hydrogen (secondary N) is 1. The molecule has 0 bridgehead atoms. The summed E-state index contributed by atoms with van der Waals surface area (Å²) in [6.45, 7) is 3.39. The molecule has 1 heterocycles. The normalized spacial score (nSPS) is 11.9. The van der Waals surface area contributed by atoms with Crippen molar-refractivity contribution in [1.29, 1.82) is 0 Å². The second-order valence-corrected chi connectivity index (χ2v) is 3.91. The molecule has 6 heteroatoms. The van der Waals surface area contributed by atoms with E-state index >= 15 is 0 Å². The maximum absolute atomic E-state index is 11.5. The summed E-state index contributed by atoms with van der Waals surface area (Å²) in [6, 6.07) is -0.653. The van der Waals surface area contributed by atoms with Gasteiger partial charge in [-0.25, -0.2) is 9.78 Å². The van der Waals surface area contributed by atoms with Crippen molar-refractivity contribution in [2.45, 2.75) is 26.3 Å². The predicted octanol–water partition coefficient (Wildman–Crippen LogP) is 0.753. The first-order chi connectivity index (χ1) is 7.63. The van der Waals surface area contributed by atoms with Gasteiger partial charge in [-0.05, 0) is 6.92 Å². The molecule has 0 saturated carbocycles. The number of amides is 1. The Balaban J connectivity index is 2.63. The largest absolute Gasteiger partial charge is 0.464 e. The smallest absolute Gasteiger partial charge is 0.329 e. The molecule has 16 heavy (non-hydrogen) atoms. The molecule has 1 amide bonds. The Labute approximate surface area is 97.8 Å². The number of carbonyl (C=O) groups excluding carboxylic acids is 2. The fourth-order valence-corrected chi connectivity index (χ4v) is 1.80. The van der Waals surface area contributed by atoms with Gasteiger partial charge in [0, 0.05) is 18.7 Å². The van der Waals surface area contributed by atoms with E-state index in [0.717, 1.165) is 5.69 Å². The Bertz CT molecular complexity index is 351. The lowest BCUT2D eigenvalue weighted by Crippen LogP contribution is -2.42. The first-order valence-electron chi connectivity index (χ1n) is 4.94. The topological polar surface area (TPSA) is 68.3 Å². The number of hydrogen-bond donors (Lipinski definition) is 1. The van der Waals surface area contributed by atoms with Gasteiger partial charge in [0.15, 0.2) is 0 Å². The van der Waals surface area contributed by atoms with Gasteiger partial charge in [0.05, 0.1) is 17.8 Å². The van der Waals surface area contributed by atoms with Crippen LogP contribution in [0.5, 0.6) is 0 Å². The zero-order valence-corrected chi connectivity index (χ0v) is 10.0. The number of carbonyl (C=O) groups is 2. The molecule has 1 unspecified atom stereocenters. The van der Waals surface area contributed by atoms with Crippen molar-refractivity contribution in [2.75, 3.05) is 6.61 Å². The molecule has 0 aliphatic carbocycles. The van der Waals surface area contributed by atoms with E-state index in [4.69, 9.17) is 4.74 Å². The van der Waals surface area contributed by atoms with Gasteiger partial charge in [0.25, 0.3) is 0 Å². The highest BCUT2D eigenvalue weighted by molar-refractivity contribution is 7.07. The highest BCUT2D eigenvalue weighted by Crippen LogP contribution is 2.05. The van der Waals surface area contributed by atoms with Gasteiger partial charge < -0.3 is 10.1 Å². The molecule has 0 aromatic carbocycles. The van der Waals surface area contributed by atoms with Gasteiger partial charge in [-0.2, -0.15) is 0 Å². The van der Waals surface area contributed by atoms with Gasteiger partial charge in [0.1, 0.15) is 6.04 Å². The van der Waals surface area contributed by atoms with E-state index in [1.807, 2.05) is 5.38 Å². The Morgan fingerprint density at radius 3 is 2.88 bits per heavy atom. The van der Waals surface area contributed by atoms with E-state index in [9.17, 15) is 9.59 Å². The predicted molar refractivity (Wildman–Crippen MR) is 60.1 cm³/mol. The average molecular weight is 242 g/mol. The van der Waals surface area contributed by atoms with Crippen LogP contribution in [0.1, 0.15) is 19.5 Å². The molecule has 0 spiro atoms. The molecule has 1 N–H and O–H groups in total. The van der Waals surface area contributed by atoms with Crippen LogP contribution in [-0.4, -0.2) is 29.5 Å². The summed E-state index contributed by atoms with van der Waals surface area (Å²) in [5.74, 6) is -0.681. The van der Waals surface area contributed by atoms with Crippen LogP contribution in [0.15, 0.2) is 10.9 Å². The Morgan fingerprint density at radius 2 is 2.38 bits per heavy atom. The molecule has 0 radical (unpaired) electrons. The molecular weight excluding hydrogens is 228 g/mol. The molecule has 0 saturated heterocycles. The second kappa shape index (κ2) is 6.22. The summed E-state index contributed by atoms with van der Waals surface area (Å²) in [4.78, 5) is 26.6. The minimum absolute atomic E-state index is 0.256. The lowest BCUT2D eigenvalue weighted by atomic mass is 10.1. The Morgan fingerprint density at radius 1 is 1.62 bits per heavy atom. The SMILES string of the molecule is CCOC(=O)C(Cc1cscn1)NC(C)=O. The van der Waals surface area contributed by atoms with E-state index in [1.54, 1.807) is 12.4 Å². The summed E-state index contributed by atoms with van der Waals surface area (Å²) in [6.07, 6.45) is 0.363. The minimum atomic E-state index is -0.653. The Hall–Kier alpha value is -1.43. The first-order valence-corrected chi connectivity index (χ1v) is 5.88. The molecule has 1 atom stereocenters. The van der Waals surface area contributed by atoms with Crippen molar-refractivity contribution in [3.63, 3.8) is 0 Å². The van der Waals surface area contributed by atoms with E-state index < -0.39 is 12.0 Å². The van der Waals surface area contributed by atoms with Crippen LogP contribution in [0.3, 0.4) is 0 Å². The number of esters is 1. The second-order valence-electron chi connectivity index (χ2n) is 3.19. The van der Waals surface area contributed by atoms with Crippen molar-refractivity contribution in [3.05, 3.63) is 16.6 Å². The van der Waals surface area contributed by atoms with Crippen molar-refractivity contribution in [1.82, 2.24) is 10.3 Å². The maximum Gasteiger partial charge on any atom is 0.329 e. The van der Waals surface area contributed by atoms with Crippen LogP contribution in [0.2, 0.25) is 0 Å². The first kappa shape index (κ1) is 12.6. The quantitative estimate of drug-likeness (QED) is 0.774. The average Bonchev–Trinajstić information content (AvgIpc) is 2.69. The van der Waals surface area contributed by atoms with Crippen molar-refractivity contribution >= 4 is 23.2 Å². The molecule has 0 fully saturated rings. The van der Waals surface area contributed by atoms with Gasteiger partial charge in [-0.15, -0.1) is 11.3 Å². The van der Waals surface area contributed by atoms with Crippen LogP contribution in [-0.2, 0) is 20.7 Å². The van der Waals surface area contributed by atoms with Crippen LogP contribution in [0.25, 0.3) is 0 Å². The highest BCUT2D eigenvalue weighted by Gasteiger charge is 2.21. The Kier molecular flexibility index (Phi) is 4.91. The summed E-state index contributed by atoms with van der Waals surface area (Å²) in [5, 5.41) is 4.40. The van der Waals surface area contributed by atoms with Crippen LogP contribution < -0.4 is 5.32 Å². The molecule has 1 rings (SSSR count). The number of aromatic nitrogens is 1. The number of rotatable bonds is 5. The standard InChI is InChI=1S/C10H14N2O3S/c1-3-15-10(14)9(12-7(2)13)4-8-5-16-6-11-8/h5-6,9H,3-4H2,1-2H3,(H,12,13). The summed E-state index contributed by atoms with van der Waals surface area (Å²) >= 11 is 1.45. The third kappa shape index (κ3) is 3.98. The molecule has 88 valence electrons. The number of thiazole rings is 1. The van der Waals surface area contributed by atoms with Gasteiger partial charge in [-0.3, -0.25) is 4.79 Å². The van der Waals surface area contributed by atoms with Crippen LogP contribution in [0, 0.1) is 0 Å². The lowest BCUT2D eigenvalue weighted by molar-refractivity contribution is -0.147. The van der Waals surface area contributed by atoms with Crippen molar-refractivity contribution in [3.8, 4) is 0 Å². The number of ether oxygens (including phenoxy) is 1. The summed E-state index contributed by atoms with van der Waals surface area (Å²) in [5.41, 5.74) is 2.46. The molecule has 0 aliphatic heterocycles. The van der Waals surface area contributed by atoms with E-state index in [2.05, 4.69) is 10.3 Å². The van der Waals surface area contributed by atoms with E-state index in [0.29, 0.717) is 13.0 Å². The minimum Gasteiger partial charge on any atom is -0.464 e. The molecule has 5 nitrogen and oxygen atoms in total. The molecule has 1 aromatic heterocycles. The van der Waals surface area contributed by atoms with Crippen molar-refractivity contribution < 1.29 is 14.3 Å². The monoisotopic (exact) mass is 242 g/mol. The van der Waals surface area contributed by atoms with Gasteiger partial charge >= 0.3 is 5.97 Å². The molecular formula is C10H14N2O3S. The highest BCUT2D eigenvalue weighted by atomic mass is 32.1. The zero-order valence-electron chi connectivity index (χ0n) is 9.23. The van der Waals surface area contributed by atoms with E-state index in [-0.39, 0.29) is 5.91 Å². The number of hydrogen-bond acceptors (Lipinski definition) is 5. The van der Waals surface area contributed by atoms with Gasteiger partial charge in [0.2, 0.25) is 5.91 Å². The fourth-order valence-electron chi connectivity index (χ4n) is 1.23. The summed E-state index contributed by atoms with van der Waals surface area (Å²) < 4.78 is 4.88. The summed E-state index contributed by atoms with van der Waals surface area (Å²) in [7, 11) is 0. The molecule has 1 aromatic rings. The lowest BCUT2D eigenvalue weighted by Gasteiger charge is -2.14. The van der Waals surface area contributed by atoms with Crippen LogP contribution in [0.4, 0.5) is 0 Å². The molecule has 0 aliphatic rings. The van der Waals surface area contributed by atoms with E-state index in [1.165, 1.54) is 18.3 Å².